The fourth-order valence-electron chi connectivity index (χ4n) is 4.26. The maximum absolute atomic E-state index is 12.8. The van der Waals surface area contributed by atoms with Gasteiger partial charge in [0.2, 0.25) is 0 Å². The van der Waals surface area contributed by atoms with Gasteiger partial charge in [-0.25, -0.2) is 14.3 Å². The number of halogens is 1. The molecule has 6 rings (SSSR count). The summed E-state index contributed by atoms with van der Waals surface area (Å²) in [5.41, 5.74) is 0.769. The number of aliphatic hydroxyl groups is 1. The molecule has 7 heteroatoms. The first kappa shape index (κ1) is 15.8. The molecule has 1 aromatic carbocycles. The zero-order valence-electron chi connectivity index (χ0n) is 14.2. The van der Waals surface area contributed by atoms with Gasteiger partial charge < -0.3 is 10.4 Å². The molecule has 0 radical (unpaired) electrons. The molecule has 0 unspecified atom stereocenters. The van der Waals surface area contributed by atoms with Gasteiger partial charge in [0.1, 0.15) is 5.82 Å². The Morgan fingerprint density at radius 1 is 1.15 bits per heavy atom. The maximum Gasteiger partial charge on any atom is 0.355 e. The van der Waals surface area contributed by atoms with E-state index in [4.69, 9.17) is 11.6 Å². The molecule has 0 amide bonds. The average molecular weight is 369 g/mol. The van der Waals surface area contributed by atoms with Gasteiger partial charge in [0.15, 0.2) is 5.65 Å². The van der Waals surface area contributed by atoms with E-state index >= 15 is 0 Å². The molecule has 3 aliphatic rings. The zero-order valence-corrected chi connectivity index (χ0v) is 14.9. The standard InChI is InChI=1S/C19H17ClN4O2/c1-11-6-7-12-15(23-18-8-19(26,9-18)10-18)22-17(25)24(16(12)21-11)14-5-3-2-4-13(14)20/h2-7,26H,8-10H2,1H3,(H,22,23,25). The largest absolute Gasteiger partial charge is 0.390 e. The van der Waals surface area contributed by atoms with Crippen molar-refractivity contribution < 1.29 is 5.11 Å². The molecule has 0 aliphatic heterocycles. The van der Waals surface area contributed by atoms with Crippen LogP contribution in [0, 0.1) is 6.92 Å². The van der Waals surface area contributed by atoms with Crippen molar-refractivity contribution in [1.29, 1.82) is 0 Å². The number of benzene rings is 1. The first-order valence-electron chi connectivity index (χ1n) is 8.54. The van der Waals surface area contributed by atoms with Crippen LogP contribution in [0.3, 0.4) is 0 Å². The highest BCUT2D eigenvalue weighted by molar-refractivity contribution is 6.32. The van der Waals surface area contributed by atoms with Crippen molar-refractivity contribution in [3.05, 3.63) is 57.6 Å². The fraction of sp³-hybridized carbons (Fsp3) is 0.316. The van der Waals surface area contributed by atoms with Crippen LogP contribution in [0.5, 0.6) is 0 Å². The molecule has 3 fully saturated rings. The predicted molar refractivity (Wildman–Crippen MR) is 100 cm³/mol. The molecular weight excluding hydrogens is 352 g/mol. The summed E-state index contributed by atoms with van der Waals surface area (Å²) < 4.78 is 1.45. The Morgan fingerprint density at radius 3 is 2.58 bits per heavy atom. The van der Waals surface area contributed by atoms with E-state index in [1.165, 1.54) is 4.57 Å². The van der Waals surface area contributed by atoms with Gasteiger partial charge in [-0.15, -0.1) is 0 Å². The molecule has 2 heterocycles. The molecule has 6 nitrogen and oxygen atoms in total. The Kier molecular flexibility index (Phi) is 3.07. The van der Waals surface area contributed by atoms with Crippen molar-refractivity contribution in [3.8, 4) is 5.69 Å². The zero-order chi connectivity index (χ0) is 18.1. The smallest absolute Gasteiger partial charge is 0.355 e. The first-order chi connectivity index (χ1) is 12.4. The third-order valence-electron chi connectivity index (χ3n) is 5.36. The summed E-state index contributed by atoms with van der Waals surface area (Å²) in [5, 5.41) is 14.6. The van der Waals surface area contributed by atoms with E-state index in [2.05, 4.69) is 15.3 Å². The summed E-state index contributed by atoms with van der Waals surface area (Å²) in [4.78, 5) is 21.7. The number of para-hydroxylation sites is 1. The van der Waals surface area contributed by atoms with E-state index in [1.54, 1.807) is 12.1 Å². The summed E-state index contributed by atoms with van der Waals surface area (Å²) in [6, 6.07) is 11.0. The van der Waals surface area contributed by atoms with Gasteiger partial charge in [-0.3, -0.25) is 0 Å². The van der Waals surface area contributed by atoms with Crippen molar-refractivity contribution in [2.45, 2.75) is 37.3 Å². The van der Waals surface area contributed by atoms with Gasteiger partial charge in [-0.1, -0.05) is 23.7 Å². The summed E-state index contributed by atoms with van der Waals surface area (Å²) in [5.74, 6) is 0.516. The molecule has 3 aliphatic carbocycles. The van der Waals surface area contributed by atoms with Crippen LogP contribution in [0.2, 0.25) is 5.02 Å². The molecule has 3 aromatic rings. The van der Waals surface area contributed by atoms with E-state index < -0.39 is 11.3 Å². The first-order valence-corrected chi connectivity index (χ1v) is 8.92. The van der Waals surface area contributed by atoms with Gasteiger partial charge in [-0.05, 0) is 50.5 Å². The second-order valence-corrected chi connectivity index (χ2v) is 7.92. The van der Waals surface area contributed by atoms with Crippen LogP contribution in [-0.4, -0.2) is 30.8 Å². The minimum absolute atomic E-state index is 0.150. The number of hydrogen-bond donors (Lipinski definition) is 2. The van der Waals surface area contributed by atoms with Gasteiger partial charge in [-0.2, -0.15) is 4.98 Å². The summed E-state index contributed by atoms with van der Waals surface area (Å²) in [7, 11) is 0. The second kappa shape index (κ2) is 5.05. The van der Waals surface area contributed by atoms with Gasteiger partial charge in [0, 0.05) is 11.2 Å². The van der Waals surface area contributed by atoms with E-state index in [0.29, 0.717) is 41.4 Å². The van der Waals surface area contributed by atoms with Gasteiger partial charge in [0.05, 0.1) is 21.7 Å². The quantitative estimate of drug-likeness (QED) is 0.743. The third kappa shape index (κ3) is 2.19. The molecule has 2 aromatic heterocycles. The van der Waals surface area contributed by atoms with Gasteiger partial charge >= 0.3 is 5.69 Å². The number of fused-ring (bicyclic) bond motifs is 1. The van der Waals surface area contributed by atoms with Crippen molar-refractivity contribution in [2.24, 2.45) is 0 Å². The molecule has 0 spiro atoms. The van der Waals surface area contributed by atoms with Crippen molar-refractivity contribution in [1.82, 2.24) is 14.5 Å². The van der Waals surface area contributed by atoms with Crippen molar-refractivity contribution in [3.63, 3.8) is 0 Å². The van der Waals surface area contributed by atoms with E-state index in [-0.39, 0.29) is 5.54 Å². The number of rotatable bonds is 3. The second-order valence-electron chi connectivity index (χ2n) is 7.51. The summed E-state index contributed by atoms with van der Waals surface area (Å²) >= 11 is 6.31. The number of anilines is 1. The minimum Gasteiger partial charge on any atom is -0.390 e. The highest BCUT2D eigenvalue weighted by atomic mass is 35.5. The minimum atomic E-state index is -0.524. The number of nitrogens with zero attached hydrogens (tertiary/aromatic N) is 3. The molecular formula is C19H17ClN4O2. The van der Waals surface area contributed by atoms with Crippen LogP contribution in [0.15, 0.2) is 41.2 Å². The summed E-state index contributed by atoms with van der Waals surface area (Å²) in [6.07, 6.45) is 2.07. The highest BCUT2D eigenvalue weighted by Crippen LogP contribution is 2.61. The molecule has 0 saturated heterocycles. The Morgan fingerprint density at radius 2 is 1.88 bits per heavy atom. The molecule has 2 N–H and O–H groups in total. The summed E-state index contributed by atoms with van der Waals surface area (Å²) in [6.45, 7) is 1.88. The topological polar surface area (TPSA) is 80.0 Å². The lowest BCUT2D eigenvalue weighted by molar-refractivity contribution is -0.195. The maximum atomic E-state index is 12.8. The Labute approximate surface area is 154 Å². The van der Waals surface area contributed by atoms with E-state index in [0.717, 1.165) is 11.1 Å². The molecule has 26 heavy (non-hydrogen) atoms. The third-order valence-corrected chi connectivity index (χ3v) is 5.68. The van der Waals surface area contributed by atoms with Crippen LogP contribution in [0.1, 0.15) is 25.0 Å². The number of pyridine rings is 1. The van der Waals surface area contributed by atoms with Crippen LogP contribution < -0.4 is 11.0 Å². The normalized spacial score (nSPS) is 26.3. The molecule has 3 saturated carbocycles. The SMILES string of the molecule is Cc1ccc2c(NC34CC(O)(C3)C4)nc(=O)n(-c3ccccc3Cl)c2n1. The van der Waals surface area contributed by atoms with Crippen molar-refractivity contribution >= 4 is 28.5 Å². The van der Waals surface area contributed by atoms with Crippen LogP contribution in [0.25, 0.3) is 16.7 Å². The van der Waals surface area contributed by atoms with Crippen LogP contribution in [-0.2, 0) is 0 Å². The average Bonchev–Trinajstić information content (AvgIpc) is 2.53. The van der Waals surface area contributed by atoms with Gasteiger partial charge in [0.25, 0.3) is 0 Å². The monoisotopic (exact) mass is 368 g/mol. The number of aromatic nitrogens is 3. The Hall–Kier alpha value is -2.44. The van der Waals surface area contributed by atoms with E-state index in [1.807, 2.05) is 31.2 Å². The molecule has 2 bridgehead atoms. The lowest BCUT2D eigenvalue weighted by Gasteiger charge is -2.67. The lowest BCUT2D eigenvalue weighted by atomic mass is 9.46. The Bertz CT molecular complexity index is 1100. The van der Waals surface area contributed by atoms with E-state index in [9.17, 15) is 9.90 Å². The molecule has 0 atom stereocenters. The van der Waals surface area contributed by atoms with Crippen molar-refractivity contribution in [2.75, 3.05) is 5.32 Å². The predicted octanol–water partition coefficient (Wildman–Crippen LogP) is 2.82. The van der Waals surface area contributed by atoms with Crippen LogP contribution >= 0.6 is 11.6 Å². The Balaban J connectivity index is 1.71. The molecule has 132 valence electrons. The highest BCUT2D eigenvalue weighted by Gasteiger charge is 2.67. The van der Waals surface area contributed by atoms with Crippen LogP contribution in [0.4, 0.5) is 5.82 Å². The number of aryl methyl sites for hydroxylation is 1. The number of hydrogen-bond acceptors (Lipinski definition) is 5. The fourth-order valence-corrected chi connectivity index (χ4v) is 4.48. The lowest BCUT2D eigenvalue weighted by Crippen LogP contribution is -2.75. The number of nitrogens with one attached hydrogen (secondary N) is 1.